The van der Waals surface area contributed by atoms with E-state index in [0.29, 0.717) is 10.2 Å². The predicted molar refractivity (Wildman–Crippen MR) is 104 cm³/mol. The molecule has 2 aromatic carbocycles. The summed E-state index contributed by atoms with van der Waals surface area (Å²) in [7, 11) is 2.11. The zero-order chi connectivity index (χ0) is 18.5. The van der Waals surface area contributed by atoms with Gasteiger partial charge >= 0.3 is 0 Å². The molecule has 0 aliphatic carbocycles. The van der Waals surface area contributed by atoms with Crippen LogP contribution in [0.3, 0.4) is 0 Å². The zero-order valence-electron chi connectivity index (χ0n) is 14.5. The molecule has 1 aliphatic heterocycles. The summed E-state index contributed by atoms with van der Waals surface area (Å²) in [6.45, 7) is 3.67. The second-order valence-electron chi connectivity index (χ2n) is 6.22. The van der Waals surface area contributed by atoms with E-state index in [4.69, 9.17) is 4.74 Å². The van der Waals surface area contributed by atoms with Crippen LogP contribution in [0, 0.1) is 5.82 Å². The largest absolute Gasteiger partial charge is 0.483 e. The first kappa shape index (κ1) is 18.7. The minimum absolute atomic E-state index is 0.151. The topological polar surface area (TPSA) is 44.8 Å². The van der Waals surface area contributed by atoms with E-state index >= 15 is 0 Å². The van der Waals surface area contributed by atoms with Crippen LogP contribution in [0.1, 0.15) is 0 Å². The summed E-state index contributed by atoms with van der Waals surface area (Å²) in [6.07, 6.45) is 0. The number of benzene rings is 2. The Bertz CT molecular complexity index is 779. The first-order chi connectivity index (χ1) is 12.5. The van der Waals surface area contributed by atoms with Crippen LogP contribution in [0.15, 0.2) is 46.9 Å². The van der Waals surface area contributed by atoms with E-state index in [0.717, 1.165) is 37.6 Å². The number of piperazine rings is 1. The third kappa shape index (κ3) is 4.74. The van der Waals surface area contributed by atoms with Gasteiger partial charge in [-0.2, -0.15) is 0 Å². The molecule has 1 fully saturated rings. The fourth-order valence-corrected chi connectivity index (χ4v) is 3.29. The Kier molecular flexibility index (Phi) is 6.11. The summed E-state index contributed by atoms with van der Waals surface area (Å²) in [4.78, 5) is 16.9. The Morgan fingerprint density at radius 2 is 1.92 bits per heavy atom. The first-order valence-electron chi connectivity index (χ1n) is 8.43. The molecule has 0 spiro atoms. The van der Waals surface area contributed by atoms with E-state index in [9.17, 15) is 9.18 Å². The van der Waals surface area contributed by atoms with Gasteiger partial charge in [-0.05, 0) is 53.3 Å². The summed E-state index contributed by atoms with van der Waals surface area (Å²) in [5.74, 6) is -0.202. The Hall–Kier alpha value is -2.12. The molecular formula is C19H21BrFN3O2. The van der Waals surface area contributed by atoms with Gasteiger partial charge in [-0.3, -0.25) is 4.79 Å². The lowest BCUT2D eigenvalue weighted by atomic mass is 10.2. The van der Waals surface area contributed by atoms with Gasteiger partial charge in [-0.25, -0.2) is 4.39 Å². The third-order valence-electron chi connectivity index (χ3n) is 4.27. The number of hydrogen-bond acceptors (Lipinski definition) is 4. The number of ether oxygens (including phenoxy) is 1. The first-order valence-corrected chi connectivity index (χ1v) is 9.22. The van der Waals surface area contributed by atoms with Crippen molar-refractivity contribution in [3.63, 3.8) is 0 Å². The molecule has 0 saturated carbocycles. The predicted octanol–water partition coefficient (Wildman–Crippen LogP) is 3.36. The van der Waals surface area contributed by atoms with E-state index in [1.54, 1.807) is 0 Å². The lowest BCUT2D eigenvalue weighted by Gasteiger charge is -2.35. The number of carbonyl (C=O) groups excluding carboxylic acids is 1. The maximum atomic E-state index is 13.1. The highest BCUT2D eigenvalue weighted by atomic mass is 79.9. The average molecular weight is 422 g/mol. The number of nitrogens with one attached hydrogen (secondary N) is 1. The zero-order valence-corrected chi connectivity index (χ0v) is 16.1. The molecule has 138 valence electrons. The molecule has 26 heavy (non-hydrogen) atoms. The Labute approximate surface area is 160 Å². The molecule has 3 rings (SSSR count). The van der Waals surface area contributed by atoms with Crippen molar-refractivity contribution in [3.05, 3.63) is 52.8 Å². The van der Waals surface area contributed by atoms with Crippen molar-refractivity contribution in [3.8, 4) is 5.75 Å². The normalized spacial score (nSPS) is 15.0. The van der Waals surface area contributed by atoms with Crippen LogP contribution in [-0.2, 0) is 4.79 Å². The standard InChI is InChI=1S/C19H21BrFN3O2/c1-23-8-10-24(11-9-23)17-5-3-2-4-16(17)22-19(25)13-26-18-7-6-14(21)12-15(18)20/h2-7,12H,8-11,13H2,1H3,(H,22,25). The van der Waals surface area contributed by atoms with E-state index < -0.39 is 0 Å². The fraction of sp³-hybridized carbons (Fsp3) is 0.316. The molecule has 1 heterocycles. The second kappa shape index (κ2) is 8.51. The smallest absolute Gasteiger partial charge is 0.262 e. The maximum Gasteiger partial charge on any atom is 0.262 e. The molecule has 2 aromatic rings. The molecule has 1 amide bonds. The van der Waals surface area contributed by atoms with Crippen molar-refractivity contribution in [2.75, 3.05) is 50.1 Å². The summed E-state index contributed by atoms with van der Waals surface area (Å²) in [6, 6.07) is 11.8. The van der Waals surface area contributed by atoms with Crippen LogP contribution in [0.4, 0.5) is 15.8 Å². The Morgan fingerprint density at radius 1 is 1.19 bits per heavy atom. The number of amides is 1. The van der Waals surface area contributed by atoms with Crippen LogP contribution in [0.5, 0.6) is 5.75 Å². The number of nitrogens with zero attached hydrogens (tertiary/aromatic N) is 2. The van der Waals surface area contributed by atoms with E-state index in [2.05, 4.69) is 38.1 Å². The molecule has 0 aromatic heterocycles. The molecule has 5 nitrogen and oxygen atoms in total. The molecule has 1 N–H and O–H groups in total. The lowest BCUT2D eigenvalue weighted by molar-refractivity contribution is -0.118. The van der Waals surface area contributed by atoms with Gasteiger partial charge in [-0.15, -0.1) is 0 Å². The number of carbonyl (C=O) groups is 1. The molecule has 0 bridgehead atoms. The highest BCUT2D eigenvalue weighted by Gasteiger charge is 2.18. The van der Waals surface area contributed by atoms with Gasteiger partial charge in [0.2, 0.25) is 0 Å². The van der Waals surface area contributed by atoms with Gasteiger partial charge in [0.15, 0.2) is 6.61 Å². The van der Waals surface area contributed by atoms with Crippen LogP contribution in [0.25, 0.3) is 0 Å². The third-order valence-corrected chi connectivity index (χ3v) is 4.89. The number of halogens is 2. The number of para-hydroxylation sites is 2. The molecule has 0 radical (unpaired) electrons. The maximum absolute atomic E-state index is 13.1. The number of rotatable bonds is 5. The minimum atomic E-state index is -0.366. The van der Waals surface area contributed by atoms with Crippen LogP contribution < -0.4 is 15.0 Å². The average Bonchev–Trinajstić information content (AvgIpc) is 2.62. The van der Waals surface area contributed by atoms with Gasteiger partial charge in [-0.1, -0.05) is 12.1 Å². The minimum Gasteiger partial charge on any atom is -0.483 e. The molecule has 0 atom stereocenters. The quantitative estimate of drug-likeness (QED) is 0.803. The highest BCUT2D eigenvalue weighted by Crippen LogP contribution is 2.27. The fourth-order valence-electron chi connectivity index (χ4n) is 2.82. The van der Waals surface area contributed by atoms with Crippen molar-refractivity contribution in [1.82, 2.24) is 4.90 Å². The number of likely N-dealkylation sites (N-methyl/N-ethyl adjacent to an activating group) is 1. The van der Waals surface area contributed by atoms with Crippen molar-refractivity contribution >= 4 is 33.2 Å². The van der Waals surface area contributed by atoms with E-state index in [-0.39, 0.29) is 18.3 Å². The van der Waals surface area contributed by atoms with Crippen molar-refractivity contribution in [2.45, 2.75) is 0 Å². The molecular weight excluding hydrogens is 401 g/mol. The van der Waals surface area contributed by atoms with Crippen molar-refractivity contribution in [1.29, 1.82) is 0 Å². The monoisotopic (exact) mass is 421 g/mol. The summed E-state index contributed by atoms with van der Waals surface area (Å²) >= 11 is 3.23. The van der Waals surface area contributed by atoms with Gasteiger partial charge in [0.05, 0.1) is 15.8 Å². The second-order valence-corrected chi connectivity index (χ2v) is 7.07. The molecule has 7 heteroatoms. The highest BCUT2D eigenvalue weighted by molar-refractivity contribution is 9.10. The summed E-state index contributed by atoms with van der Waals surface area (Å²) in [5.41, 5.74) is 1.78. The van der Waals surface area contributed by atoms with E-state index in [1.165, 1.54) is 18.2 Å². The number of hydrogen-bond donors (Lipinski definition) is 1. The molecule has 0 unspecified atom stereocenters. The summed E-state index contributed by atoms with van der Waals surface area (Å²) in [5, 5.41) is 2.91. The Morgan fingerprint density at radius 3 is 2.65 bits per heavy atom. The lowest BCUT2D eigenvalue weighted by Crippen LogP contribution is -2.44. The van der Waals surface area contributed by atoms with Crippen molar-refractivity contribution < 1.29 is 13.9 Å². The molecule has 1 aliphatic rings. The van der Waals surface area contributed by atoms with Gasteiger partial charge < -0.3 is 19.9 Å². The van der Waals surface area contributed by atoms with Gasteiger partial charge in [0, 0.05) is 26.2 Å². The van der Waals surface area contributed by atoms with Crippen LogP contribution in [-0.4, -0.2) is 50.6 Å². The van der Waals surface area contributed by atoms with E-state index in [1.807, 2.05) is 24.3 Å². The van der Waals surface area contributed by atoms with Gasteiger partial charge in [0.25, 0.3) is 5.91 Å². The SMILES string of the molecule is CN1CCN(c2ccccc2NC(=O)COc2ccc(F)cc2Br)CC1. The number of anilines is 2. The van der Waals surface area contributed by atoms with Crippen LogP contribution >= 0.6 is 15.9 Å². The van der Waals surface area contributed by atoms with Crippen LogP contribution in [0.2, 0.25) is 0 Å². The summed E-state index contributed by atoms with van der Waals surface area (Å²) < 4.78 is 19.1. The van der Waals surface area contributed by atoms with Crippen molar-refractivity contribution in [2.24, 2.45) is 0 Å². The Balaban J connectivity index is 1.62. The molecule has 1 saturated heterocycles. The van der Waals surface area contributed by atoms with Gasteiger partial charge in [0.1, 0.15) is 11.6 Å².